The zero-order valence-electron chi connectivity index (χ0n) is 14.6. The molecule has 24 heavy (non-hydrogen) atoms. The van der Waals surface area contributed by atoms with Crippen molar-refractivity contribution in [2.24, 2.45) is 0 Å². The quantitative estimate of drug-likeness (QED) is 0.858. The lowest BCUT2D eigenvalue weighted by Gasteiger charge is -2.22. The Labute approximate surface area is 142 Å². The highest BCUT2D eigenvalue weighted by Gasteiger charge is 2.21. The van der Waals surface area contributed by atoms with E-state index in [4.69, 9.17) is 4.74 Å². The second-order valence-corrected chi connectivity index (χ2v) is 7.29. The molecule has 2 N–H and O–H groups in total. The van der Waals surface area contributed by atoms with E-state index in [1.807, 2.05) is 45.3 Å². The van der Waals surface area contributed by atoms with Gasteiger partial charge >= 0.3 is 6.09 Å². The van der Waals surface area contributed by atoms with Crippen molar-refractivity contribution in [3.63, 3.8) is 0 Å². The molecule has 0 radical (unpaired) electrons. The molecule has 1 aliphatic carbocycles. The molecule has 0 aliphatic heterocycles. The average molecular weight is 327 g/mol. The van der Waals surface area contributed by atoms with E-state index >= 15 is 0 Å². The summed E-state index contributed by atoms with van der Waals surface area (Å²) in [5.41, 5.74) is 3.90. The maximum absolute atomic E-state index is 12.1. The van der Waals surface area contributed by atoms with Crippen LogP contribution in [0.1, 0.15) is 52.0 Å². The molecule has 2 aromatic rings. The van der Waals surface area contributed by atoms with Gasteiger partial charge in [-0.2, -0.15) is 0 Å². The minimum absolute atomic E-state index is 0.00832. The summed E-state index contributed by atoms with van der Waals surface area (Å²) < 4.78 is 5.38. The molecule has 0 saturated carbocycles. The number of hydrogen-bond acceptors (Lipinski definition) is 3. The van der Waals surface area contributed by atoms with Gasteiger partial charge in [-0.15, -0.1) is 0 Å². The fourth-order valence-electron chi connectivity index (χ4n) is 3.09. The molecule has 1 unspecified atom stereocenters. The van der Waals surface area contributed by atoms with Gasteiger partial charge in [0.2, 0.25) is 0 Å². The molecule has 5 nitrogen and oxygen atoms in total. The van der Waals surface area contributed by atoms with Gasteiger partial charge in [0.05, 0.1) is 17.1 Å². The smallest absolute Gasteiger partial charge is 0.408 e. The topological polar surface area (TPSA) is 67.0 Å². The summed E-state index contributed by atoms with van der Waals surface area (Å²) in [6.07, 6.45) is 9.74. The molecule has 1 amide bonds. The summed E-state index contributed by atoms with van der Waals surface area (Å²) in [6.45, 7) is 5.62. The predicted molar refractivity (Wildman–Crippen MR) is 95.7 cm³/mol. The highest BCUT2D eigenvalue weighted by Crippen LogP contribution is 2.30. The first-order valence-corrected chi connectivity index (χ1v) is 8.55. The number of aromatic nitrogens is 2. The molecule has 2 heterocycles. The third-order valence-electron chi connectivity index (χ3n) is 4.10. The molecule has 128 valence electrons. The summed E-state index contributed by atoms with van der Waals surface area (Å²) in [6, 6.07) is 3.95. The zero-order valence-corrected chi connectivity index (χ0v) is 14.6. The summed E-state index contributed by atoms with van der Waals surface area (Å²) in [4.78, 5) is 19.8. The second kappa shape index (κ2) is 6.67. The Bertz CT molecular complexity index is 755. The van der Waals surface area contributed by atoms with Crippen LogP contribution in [0.3, 0.4) is 0 Å². The fraction of sp³-hybridized carbons (Fsp3) is 0.474. The van der Waals surface area contributed by atoms with E-state index in [0.29, 0.717) is 0 Å². The molecule has 0 bridgehead atoms. The Morgan fingerprint density at radius 2 is 2.21 bits per heavy atom. The van der Waals surface area contributed by atoms with Crippen molar-refractivity contribution in [3.05, 3.63) is 36.2 Å². The number of H-pyrrole nitrogens is 1. The summed E-state index contributed by atoms with van der Waals surface area (Å²) in [5, 5.41) is 2.99. The number of hydrogen-bond donors (Lipinski definition) is 2. The molecule has 0 spiro atoms. The molecule has 1 atom stereocenters. The number of nitrogens with one attached hydrogen (secondary N) is 2. The minimum Gasteiger partial charge on any atom is -0.444 e. The molecule has 1 aliphatic rings. The van der Waals surface area contributed by atoms with Crippen molar-refractivity contribution in [1.82, 2.24) is 15.3 Å². The van der Waals surface area contributed by atoms with Gasteiger partial charge in [0, 0.05) is 18.0 Å². The average Bonchev–Trinajstić information content (AvgIpc) is 2.79. The molecular weight excluding hydrogens is 302 g/mol. The summed E-state index contributed by atoms with van der Waals surface area (Å²) in [5.74, 6) is 0. The zero-order chi connectivity index (χ0) is 17.2. The summed E-state index contributed by atoms with van der Waals surface area (Å²) >= 11 is 0. The van der Waals surface area contributed by atoms with Crippen molar-refractivity contribution in [3.8, 4) is 0 Å². The number of allylic oxidation sites excluding steroid dienone is 1. The molecule has 0 aromatic carbocycles. The fourth-order valence-corrected chi connectivity index (χ4v) is 3.09. The van der Waals surface area contributed by atoms with E-state index in [-0.39, 0.29) is 12.1 Å². The van der Waals surface area contributed by atoms with Gasteiger partial charge < -0.3 is 15.0 Å². The molecule has 0 fully saturated rings. The van der Waals surface area contributed by atoms with Crippen molar-refractivity contribution in [1.29, 1.82) is 0 Å². The Balaban J connectivity index is 1.82. The highest BCUT2D eigenvalue weighted by atomic mass is 16.6. The van der Waals surface area contributed by atoms with Gasteiger partial charge in [0.15, 0.2) is 0 Å². The number of ether oxygens (including phenoxy) is 1. The first kappa shape index (κ1) is 16.6. The lowest BCUT2D eigenvalue weighted by molar-refractivity contribution is 0.0512. The van der Waals surface area contributed by atoms with Gasteiger partial charge in [-0.1, -0.05) is 12.5 Å². The maximum atomic E-state index is 12.1. The third kappa shape index (κ3) is 3.96. The number of carbonyl (C=O) groups is 1. The molecule has 3 rings (SSSR count). The summed E-state index contributed by atoms with van der Waals surface area (Å²) in [7, 11) is 0. The van der Waals surface area contributed by atoms with E-state index < -0.39 is 5.60 Å². The van der Waals surface area contributed by atoms with E-state index in [1.54, 1.807) is 0 Å². The lowest BCUT2D eigenvalue weighted by atomic mass is 10.0. The molecule has 5 heteroatoms. The van der Waals surface area contributed by atoms with Crippen LogP contribution in [0.25, 0.3) is 16.6 Å². The lowest BCUT2D eigenvalue weighted by Crippen LogP contribution is -2.38. The van der Waals surface area contributed by atoms with Gasteiger partial charge in [-0.3, -0.25) is 4.98 Å². The van der Waals surface area contributed by atoms with Crippen molar-refractivity contribution in [2.45, 2.75) is 58.1 Å². The molecule has 2 aromatic heterocycles. The minimum atomic E-state index is -0.484. The second-order valence-electron chi connectivity index (χ2n) is 7.29. The van der Waals surface area contributed by atoms with Crippen LogP contribution >= 0.6 is 0 Å². The van der Waals surface area contributed by atoms with Crippen LogP contribution in [0.15, 0.2) is 30.6 Å². The predicted octanol–water partition coefficient (Wildman–Crippen LogP) is 4.41. The van der Waals surface area contributed by atoms with E-state index in [9.17, 15) is 4.79 Å². The SMILES string of the molecule is CC(C)(C)OC(=O)NC1C=C(c2c[nH]c3cccnc23)CCCC1. The first-order chi connectivity index (χ1) is 11.4. The van der Waals surface area contributed by atoms with Gasteiger partial charge in [0.25, 0.3) is 0 Å². The number of amides is 1. The Morgan fingerprint density at radius 3 is 3.00 bits per heavy atom. The maximum Gasteiger partial charge on any atom is 0.408 e. The van der Waals surface area contributed by atoms with E-state index in [1.165, 1.54) is 5.57 Å². The highest BCUT2D eigenvalue weighted by molar-refractivity contribution is 5.89. The number of aromatic amines is 1. The number of carbonyl (C=O) groups excluding carboxylic acids is 1. The van der Waals surface area contributed by atoms with Crippen molar-refractivity contribution >= 4 is 22.7 Å². The van der Waals surface area contributed by atoms with Crippen LogP contribution < -0.4 is 5.32 Å². The van der Waals surface area contributed by atoms with Gasteiger partial charge in [-0.25, -0.2) is 4.79 Å². The monoisotopic (exact) mass is 327 g/mol. The first-order valence-electron chi connectivity index (χ1n) is 8.55. The number of rotatable bonds is 2. The van der Waals surface area contributed by atoms with Crippen LogP contribution in [0, 0.1) is 0 Å². The normalized spacial score (nSPS) is 18.8. The van der Waals surface area contributed by atoms with Crippen LogP contribution in [0.4, 0.5) is 4.79 Å². The third-order valence-corrected chi connectivity index (χ3v) is 4.10. The largest absolute Gasteiger partial charge is 0.444 e. The van der Waals surface area contributed by atoms with E-state index in [2.05, 4.69) is 21.4 Å². The van der Waals surface area contributed by atoms with Crippen LogP contribution in [0.5, 0.6) is 0 Å². The van der Waals surface area contributed by atoms with Crippen molar-refractivity contribution < 1.29 is 9.53 Å². The Hall–Kier alpha value is -2.30. The number of alkyl carbamates (subject to hydrolysis) is 1. The van der Waals surface area contributed by atoms with E-state index in [0.717, 1.165) is 42.3 Å². The standard InChI is InChI=1S/C19H25N3O2/c1-19(2,3)24-18(23)22-14-8-5-4-7-13(11-14)15-12-21-16-9-6-10-20-17(15)16/h6,9-12,14,21H,4-5,7-8H2,1-3H3,(H,22,23). The number of fused-ring (bicyclic) bond motifs is 1. The molecule has 0 saturated heterocycles. The Kier molecular flexibility index (Phi) is 4.60. The van der Waals surface area contributed by atoms with Gasteiger partial charge in [0.1, 0.15) is 5.60 Å². The van der Waals surface area contributed by atoms with Crippen LogP contribution in [-0.4, -0.2) is 27.7 Å². The molecular formula is C19H25N3O2. The number of pyridine rings is 1. The Morgan fingerprint density at radius 1 is 1.38 bits per heavy atom. The van der Waals surface area contributed by atoms with Crippen molar-refractivity contribution in [2.75, 3.05) is 0 Å². The van der Waals surface area contributed by atoms with Gasteiger partial charge in [-0.05, 0) is 57.7 Å². The number of nitrogens with zero attached hydrogens (tertiary/aromatic N) is 1. The van der Waals surface area contributed by atoms with Crippen LogP contribution in [0.2, 0.25) is 0 Å². The van der Waals surface area contributed by atoms with Crippen LogP contribution in [-0.2, 0) is 4.74 Å².